The molecule has 0 atom stereocenters. The predicted octanol–water partition coefficient (Wildman–Crippen LogP) is 1.73. The zero-order valence-electron chi connectivity index (χ0n) is 13.9. The second-order valence-electron chi connectivity index (χ2n) is 7.60. The molecule has 0 bridgehead atoms. The average molecular weight is 387 g/mol. The normalized spacial score (nSPS) is 39.5. The molecule has 7 aliphatic rings. The van der Waals surface area contributed by atoms with Gasteiger partial charge in [0.25, 0.3) is 0 Å². The topological polar surface area (TPSA) is 55.1 Å². The molecule has 6 saturated heterocycles. The van der Waals surface area contributed by atoms with Crippen molar-refractivity contribution in [2.45, 2.75) is 0 Å². The van der Waals surface area contributed by atoms with E-state index >= 15 is 0 Å². The number of hydrogen-bond acceptors (Lipinski definition) is 9. The summed E-state index contributed by atoms with van der Waals surface area (Å²) >= 11 is 0. The van der Waals surface area contributed by atoms with Crippen molar-refractivity contribution < 1.29 is 0 Å². The summed E-state index contributed by atoms with van der Waals surface area (Å²) in [4.78, 5) is 0. The minimum absolute atomic E-state index is 1.19. The van der Waals surface area contributed by atoms with Crippen LogP contribution in [0.1, 0.15) is 0 Å². The van der Waals surface area contributed by atoms with Crippen molar-refractivity contribution in [3.63, 3.8) is 0 Å². The second-order valence-corrected chi connectivity index (χ2v) is 16.4. The van der Waals surface area contributed by atoms with Gasteiger partial charge in [-0.2, -0.15) is 13.5 Å². The van der Waals surface area contributed by atoms with Gasteiger partial charge in [0.2, 0.25) is 22.5 Å². The van der Waals surface area contributed by atoms with E-state index < -0.39 is 22.5 Å². The zero-order chi connectivity index (χ0) is 15.6. The van der Waals surface area contributed by atoms with Gasteiger partial charge in [-0.3, -0.25) is 0 Å². The van der Waals surface area contributed by atoms with E-state index in [0.29, 0.717) is 0 Å². The van der Waals surface area contributed by atoms with Gasteiger partial charge in [-0.25, -0.2) is 28.0 Å². The molecule has 0 spiro atoms. The van der Waals surface area contributed by atoms with Gasteiger partial charge in [-0.15, -0.1) is 0 Å². The lowest BCUT2D eigenvalue weighted by Crippen LogP contribution is -2.14. The highest BCUT2D eigenvalue weighted by molar-refractivity contribution is 7.83. The Morgan fingerprint density at radius 1 is 0.333 bits per heavy atom. The first kappa shape index (κ1) is 14.5. The molecule has 0 unspecified atom stereocenters. The lowest BCUT2D eigenvalue weighted by Gasteiger charge is -2.38. The van der Waals surface area contributed by atoms with E-state index in [2.05, 4.69) is 28.0 Å². The molecular formula is C12H24N9P3. The molecule has 12 heteroatoms. The first-order valence-electron chi connectivity index (χ1n) is 9.19. The largest absolute Gasteiger partial charge is 0.237 e. The van der Waals surface area contributed by atoms with E-state index in [0.717, 1.165) is 0 Å². The van der Waals surface area contributed by atoms with E-state index in [9.17, 15) is 0 Å². The molecular weight excluding hydrogens is 363 g/mol. The molecule has 0 amide bonds. The Morgan fingerprint density at radius 2 is 0.500 bits per heavy atom. The Morgan fingerprint density at radius 3 is 0.625 bits per heavy atom. The fourth-order valence-corrected chi connectivity index (χ4v) is 19.2. The van der Waals surface area contributed by atoms with E-state index in [1.165, 1.54) is 78.5 Å². The Bertz CT molecular complexity index is 614. The highest BCUT2D eigenvalue weighted by Gasteiger charge is 2.60. The number of rotatable bonds is 6. The van der Waals surface area contributed by atoms with Crippen LogP contribution in [0.25, 0.3) is 0 Å². The fraction of sp³-hybridized carbons (Fsp3) is 1.00. The summed E-state index contributed by atoms with van der Waals surface area (Å²) in [5.41, 5.74) is 0. The van der Waals surface area contributed by atoms with Crippen LogP contribution in [0.2, 0.25) is 0 Å². The molecule has 7 heterocycles. The van der Waals surface area contributed by atoms with Crippen molar-refractivity contribution >= 4 is 22.5 Å². The SMILES string of the molecule is C1CN1P1(N2CC2)=NP(N2CC2)(N2CC2)=NP(N2CC2)(N2CC2)=N1. The third kappa shape index (κ3) is 1.97. The summed E-state index contributed by atoms with van der Waals surface area (Å²) in [7, 11) is -5.57. The maximum Gasteiger partial charge on any atom is 0.221 e. The molecule has 9 nitrogen and oxygen atoms in total. The molecule has 7 aliphatic heterocycles. The van der Waals surface area contributed by atoms with Crippen LogP contribution in [0.5, 0.6) is 0 Å². The smallest absolute Gasteiger partial charge is 0.221 e. The van der Waals surface area contributed by atoms with Crippen LogP contribution < -0.4 is 0 Å². The highest BCUT2D eigenvalue weighted by atomic mass is 31.3. The molecule has 132 valence electrons. The van der Waals surface area contributed by atoms with Gasteiger partial charge < -0.3 is 0 Å². The van der Waals surface area contributed by atoms with Crippen LogP contribution in [0, 0.1) is 0 Å². The summed E-state index contributed by atoms with van der Waals surface area (Å²) in [6.45, 7) is 14.3. The molecule has 0 aliphatic carbocycles. The van der Waals surface area contributed by atoms with Gasteiger partial charge in [0.05, 0.1) is 0 Å². The minimum Gasteiger partial charge on any atom is -0.237 e. The number of nitrogens with zero attached hydrogens (tertiary/aromatic N) is 9. The first-order valence-corrected chi connectivity index (χ1v) is 14.0. The quantitative estimate of drug-likeness (QED) is 0.511. The lowest BCUT2D eigenvalue weighted by molar-refractivity contribution is 0.731. The van der Waals surface area contributed by atoms with Crippen molar-refractivity contribution in [3.05, 3.63) is 0 Å². The Hall–Kier alpha value is 0.450. The molecule has 6 fully saturated rings. The molecule has 0 aromatic heterocycles. The van der Waals surface area contributed by atoms with Gasteiger partial charge in [0.1, 0.15) is 0 Å². The molecule has 0 saturated carbocycles. The van der Waals surface area contributed by atoms with E-state index in [-0.39, 0.29) is 0 Å². The third-order valence-corrected chi connectivity index (χ3v) is 18.3. The number of hydrogen-bond donors (Lipinski definition) is 0. The van der Waals surface area contributed by atoms with E-state index in [1.807, 2.05) is 0 Å². The maximum absolute atomic E-state index is 5.68. The minimum atomic E-state index is -1.86. The molecule has 0 radical (unpaired) electrons. The van der Waals surface area contributed by atoms with Crippen LogP contribution in [0.15, 0.2) is 13.5 Å². The first-order chi connectivity index (χ1) is 11.8. The summed E-state index contributed by atoms with van der Waals surface area (Å²) < 4.78 is 32.7. The molecule has 0 aromatic rings. The van der Waals surface area contributed by atoms with Crippen LogP contribution in [-0.4, -0.2) is 107 Å². The van der Waals surface area contributed by atoms with Crippen LogP contribution in [0.3, 0.4) is 0 Å². The van der Waals surface area contributed by atoms with E-state index in [1.54, 1.807) is 0 Å². The molecule has 0 N–H and O–H groups in total. The van der Waals surface area contributed by atoms with Crippen molar-refractivity contribution in [3.8, 4) is 0 Å². The van der Waals surface area contributed by atoms with Gasteiger partial charge in [0, 0.05) is 78.5 Å². The zero-order valence-corrected chi connectivity index (χ0v) is 16.5. The van der Waals surface area contributed by atoms with Crippen LogP contribution in [0.4, 0.5) is 0 Å². The predicted molar refractivity (Wildman–Crippen MR) is 97.5 cm³/mol. The third-order valence-electron chi connectivity index (χ3n) is 5.54. The van der Waals surface area contributed by atoms with Crippen LogP contribution in [-0.2, 0) is 0 Å². The molecule has 24 heavy (non-hydrogen) atoms. The maximum atomic E-state index is 5.68. The highest BCUT2D eigenvalue weighted by Crippen LogP contribution is 2.87. The fourth-order valence-electron chi connectivity index (χ4n) is 3.63. The summed E-state index contributed by atoms with van der Waals surface area (Å²) in [5, 5.41) is 0. The monoisotopic (exact) mass is 387 g/mol. The van der Waals surface area contributed by atoms with Gasteiger partial charge in [-0.1, -0.05) is 0 Å². The van der Waals surface area contributed by atoms with Gasteiger partial charge in [0.15, 0.2) is 0 Å². The van der Waals surface area contributed by atoms with Gasteiger partial charge in [-0.05, 0) is 0 Å². The summed E-state index contributed by atoms with van der Waals surface area (Å²) in [6.07, 6.45) is 0. The summed E-state index contributed by atoms with van der Waals surface area (Å²) in [6, 6.07) is 0. The van der Waals surface area contributed by atoms with Crippen molar-refractivity contribution in [2.75, 3.05) is 78.5 Å². The lowest BCUT2D eigenvalue weighted by atomic mass is 11.0. The average Bonchev–Trinajstić information content (AvgIpc) is 3.37. The Labute approximate surface area is 143 Å². The molecule has 7 rings (SSSR count). The molecule has 0 aromatic carbocycles. The van der Waals surface area contributed by atoms with Crippen LogP contribution >= 0.6 is 22.5 Å². The standard InChI is InChI=1S/C12H24N9P3/c1-2-16(1)22(17-3-4-17)13-23(18-5-6-18,19-7-8-19)15-24(14-22,20-9-10-20)21-11-12-21/h1-12H2. The Kier molecular flexibility index (Phi) is 2.70. The van der Waals surface area contributed by atoms with E-state index in [4.69, 9.17) is 13.5 Å². The van der Waals surface area contributed by atoms with Crippen molar-refractivity contribution in [2.24, 2.45) is 13.5 Å². The Balaban J connectivity index is 1.55. The van der Waals surface area contributed by atoms with Gasteiger partial charge >= 0.3 is 0 Å². The second kappa shape index (κ2) is 4.46. The van der Waals surface area contributed by atoms with Crippen molar-refractivity contribution in [1.29, 1.82) is 0 Å². The summed E-state index contributed by atoms with van der Waals surface area (Å²) in [5.74, 6) is 0. The van der Waals surface area contributed by atoms with Crippen molar-refractivity contribution in [1.82, 2.24) is 28.0 Å².